The van der Waals surface area contributed by atoms with E-state index in [0.29, 0.717) is 24.9 Å². The summed E-state index contributed by atoms with van der Waals surface area (Å²) in [6.07, 6.45) is 7.91. The molecule has 5 rings (SSSR count). The van der Waals surface area contributed by atoms with Crippen molar-refractivity contribution in [3.05, 3.63) is 132 Å². The van der Waals surface area contributed by atoms with E-state index in [2.05, 4.69) is 5.32 Å². The highest BCUT2D eigenvalue weighted by molar-refractivity contribution is 5.95. The molecule has 8 heteroatoms. The quantitative estimate of drug-likeness (QED) is 0.174. The molecule has 4 aromatic rings. The highest BCUT2D eigenvalue weighted by Crippen LogP contribution is 2.32. The molecule has 3 amide bonds. The number of amides is 3. The third-order valence-corrected chi connectivity index (χ3v) is 9.49. The Bertz CT molecular complexity index is 1740. The molecular weight excluding hydrogens is 603 g/mol. The van der Waals surface area contributed by atoms with Crippen molar-refractivity contribution in [2.45, 2.75) is 62.6 Å². The Morgan fingerprint density at radius 1 is 0.812 bits per heavy atom. The molecule has 1 aliphatic rings. The van der Waals surface area contributed by atoms with E-state index in [-0.39, 0.29) is 41.9 Å². The van der Waals surface area contributed by atoms with Gasteiger partial charge in [-0.05, 0) is 77.8 Å². The van der Waals surface area contributed by atoms with Gasteiger partial charge in [0.2, 0.25) is 17.7 Å². The second-order valence-electron chi connectivity index (χ2n) is 13.0. The van der Waals surface area contributed by atoms with Crippen LogP contribution >= 0.6 is 0 Å². The molecule has 0 heterocycles. The number of benzene rings is 4. The molecule has 0 saturated heterocycles. The minimum absolute atomic E-state index is 0.179. The maximum Gasteiger partial charge on any atom is 0.246 e. The van der Waals surface area contributed by atoms with E-state index in [1.807, 2.05) is 72.8 Å². The molecule has 48 heavy (non-hydrogen) atoms. The van der Waals surface area contributed by atoms with Crippen LogP contribution in [0.15, 0.2) is 109 Å². The van der Waals surface area contributed by atoms with Gasteiger partial charge in [-0.3, -0.25) is 14.4 Å². The summed E-state index contributed by atoms with van der Waals surface area (Å²) in [5, 5.41) is 5.11. The van der Waals surface area contributed by atoms with Gasteiger partial charge in [-0.15, -0.1) is 0 Å². The first-order chi connectivity index (χ1) is 23.1. The van der Waals surface area contributed by atoms with Gasteiger partial charge in [0, 0.05) is 39.0 Å². The maximum atomic E-state index is 14.5. The van der Waals surface area contributed by atoms with Crippen molar-refractivity contribution < 1.29 is 18.8 Å². The molecule has 3 N–H and O–H groups in total. The summed E-state index contributed by atoms with van der Waals surface area (Å²) in [6.45, 7) is 0.386. The van der Waals surface area contributed by atoms with Crippen LogP contribution in [0.3, 0.4) is 0 Å². The number of halogens is 1. The summed E-state index contributed by atoms with van der Waals surface area (Å²) in [5.41, 5.74) is 8.78. The number of likely N-dealkylation sites (N-methyl/N-ethyl adjacent to an activating group) is 2. The third kappa shape index (κ3) is 8.95. The van der Waals surface area contributed by atoms with Gasteiger partial charge in [-0.1, -0.05) is 91.0 Å². The molecule has 7 nitrogen and oxygen atoms in total. The highest BCUT2D eigenvalue weighted by Gasteiger charge is 2.35. The number of nitrogens with zero attached hydrogens (tertiary/aromatic N) is 2. The van der Waals surface area contributed by atoms with Crippen LogP contribution in [0.2, 0.25) is 0 Å². The minimum atomic E-state index is -0.896. The lowest BCUT2D eigenvalue weighted by Gasteiger charge is -2.37. The van der Waals surface area contributed by atoms with Crippen molar-refractivity contribution >= 4 is 28.5 Å². The highest BCUT2D eigenvalue weighted by atomic mass is 19.1. The summed E-state index contributed by atoms with van der Waals surface area (Å²) in [7, 11) is 3.23. The van der Waals surface area contributed by atoms with E-state index in [4.69, 9.17) is 5.73 Å². The molecule has 0 unspecified atom stereocenters. The van der Waals surface area contributed by atoms with Crippen molar-refractivity contribution in [1.29, 1.82) is 0 Å². The number of carbonyl (C=O) groups is 3. The predicted octanol–water partition coefficient (Wildman–Crippen LogP) is 5.60. The van der Waals surface area contributed by atoms with Crippen LogP contribution in [0.4, 0.5) is 4.39 Å². The average molecular weight is 649 g/mol. The van der Waals surface area contributed by atoms with Gasteiger partial charge in [-0.2, -0.15) is 0 Å². The second-order valence-corrected chi connectivity index (χ2v) is 13.0. The number of nitrogens with one attached hydrogen (secondary N) is 1. The zero-order chi connectivity index (χ0) is 34.1. The van der Waals surface area contributed by atoms with Gasteiger partial charge in [0.1, 0.15) is 17.9 Å². The van der Waals surface area contributed by atoms with Crippen LogP contribution in [-0.2, 0) is 33.6 Å². The lowest BCUT2D eigenvalue weighted by molar-refractivity contribution is -0.146. The Kier molecular flexibility index (Phi) is 11.4. The fourth-order valence-electron chi connectivity index (χ4n) is 6.21. The van der Waals surface area contributed by atoms with Crippen LogP contribution < -0.4 is 11.1 Å². The Morgan fingerprint density at radius 2 is 1.46 bits per heavy atom. The van der Waals surface area contributed by atoms with Gasteiger partial charge in [0.25, 0.3) is 0 Å². The number of fused-ring (bicyclic) bond motifs is 1. The summed E-state index contributed by atoms with van der Waals surface area (Å²) >= 11 is 0. The summed E-state index contributed by atoms with van der Waals surface area (Å²) in [5.74, 6) is -1.38. The summed E-state index contributed by atoms with van der Waals surface area (Å²) < 4.78 is 13.8. The van der Waals surface area contributed by atoms with Crippen molar-refractivity contribution in [2.24, 2.45) is 5.73 Å². The molecule has 0 radical (unpaired) electrons. The molecule has 250 valence electrons. The monoisotopic (exact) mass is 648 g/mol. The summed E-state index contributed by atoms with van der Waals surface area (Å²) in [6, 6.07) is 28.0. The molecule has 1 fully saturated rings. The van der Waals surface area contributed by atoms with Crippen molar-refractivity contribution in [3.63, 3.8) is 0 Å². The topological polar surface area (TPSA) is 95.7 Å². The lowest BCUT2D eigenvalue weighted by Crippen LogP contribution is -2.56. The van der Waals surface area contributed by atoms with Gasteiger partial charge in [0.15, 0.2) is 0 Å². The van der Waals surface area contributed by atoms with Gasteiger partial charge < -0.3 is 20.9 Å². The summed E-state index contributed by atoms with van der Waals surface area (Å²) in [4.78, 5) is 44.7. The van der Waals surface area contributed by atoms with E-state index in [0.717, 1.165) is 41.2 Å². The number of nitrogens with two attached hydrogens (primary N) is 1. The minimum Gasteiger partial charge on any atom is -0.354 e. The van der Waals surface area contributed by atoms with E-state index in [1.165, 1.54) is 28.0 Å². The normalized spacial score (nSPS) is 15.0. The van der Waals surface area contributed by atoms with Crippen LogP contribution in [0.25, 0.3) is 10.8 Å². The van der Waals surface area contributed by atoms with Crippen molar-refractivity contribution in [2.75, 3.05) is 20.6 Å². The van der Waals surface area contributed by atoms with Gasteiger partial charge in [-0.25, -0.2) is 4.39 Å². The van der Waals surface area contributed by atoms with E-state index < -0.39 is 12.1 Å². The SMILES string of the molecule is CN(C(=O)/C=C/CC1(N)CCC1)[C@H](Cc1ccc2ccccc2c1)C(=O)N(C)[C@H](Cc1ccc(F)cc1)C(=O)NCCc1ccccc1. The Balaban J connectivity index is 1.39. The zero-order valence-electron chi connectivity index (χ0n) is 27.8. The first kappa shape index (κ1) is 34.5. The molecule has 0 spiro atoms. The maximum absolute atomic E-state index is 14.5. The number of hydrogen-bond donors (Lipinski definition) is 2. The average Bonchev–Trinajstić information content (AvgIpc) is 3.09. The van der Waals surface area contributed by atoms with Crippen LogP contribution in [-0.4, -0.2) is 65.8 Å². The lowest BCUT2D eigenvalue weighted by atomic mass is 9.75. The molecule has 0 aromatic heterocycles. The first-order valence-corrected chi connectivity index (χ1v) is 16.6. The molecular formula is C40H45FN4O3. The number of rotatable bonds is 14. The second kappa shape index (κ2) is 15.8. The Morgan fingerprint density at radius 3 is 2.15 bits per heavy atom. The fraction of sp³-hybridized carbons (Fsp3) is 0.325. The van der Waals surface area contributed by atoms with Gasteiger partial charge >= 0.3 is 0 Å². The Labute approximate surface area is 282 Å². The molecule has 0 bridgehead atoms. The smallest absolute Gasteiger partial charge is 0.246 e. The van der Waals surface area contributed by atoms with E-state index >= 15 is 0 Å². The number of carbonyl (C=O) groups excluding carboxylic acids is 3. The molecule has 1 aliphatic carbocycles. The number of hydrogen-bond acceptors (Lipinski definition) is 4. The first-order valence-electron chi connectivity index (χ1n) is 16.6. The van der Waals surface area contributed by atoms with Crippen molar-refractivity contribution in [1.82, 2.24) is 15.1 Å². The fourth-order valence-corrected chi connectivity index (χ4v) is 6.21. The van der Waals surface area contributed by atoms with Crippen LogP contribution in [0, 0.1) is 5.82 Å². The standard InChI is InChI=1S/C40H45FN4O3/c1-44(37(46)14-8-22-40(42)23-9-24-40)36(28-31-15-18-32-12-6-7-13-33(32)26-31)39(48)45(2)35(27-30-16-19-34(41)20-17-30)38(47)43-25-21-29-10-4-3-5-11-29/h3-8,10-20,26,35-36H,9,21-25,27-28,42H2,1-2H3,(H,43,47)/b14-8+/t35-,36-/m1/s1. The Hall–Kier alpha value is -4.82. The molecule has 0 aliphatic heterocycles. The van der Waals surface area contributed by atoms with Crippen LogP contribution in [0.5, 0.6) is 0 Å². The largest absolute Gasteiger partial charge is 0.354 e. The van der Waals surface area contributed by atoms with E-state index in [1.54, 1.807) is 32.3 Å². The van der Waals surface area contributed by atoms with Crippen LogP contribution in [0.1, 0.15) is 42.4 Å². The third-order valence-electron chi connectivity index (χ3n) is 9.49. The predicted molar refractivity (Wildman–Crippen MR) is 189 cm³/mol. The zero-order valence-corrected chi connectivity index (χ0v) is 27.8. The molecule has 4 aromatic carbocycles. The van der Waals surface area contributed by atoms with Crippen molar-refractivity contribution in [3.8, 4) is 0 Å². The van der Waals surface area contributed by atoms with E-state index in [9.17, 15) is 18.8 Å². The van der Waals surface area contributed by atoms with Gasteiger partial charge in [0.05, 0.1) is 0 Å². The molecule has 1 saturated carbocycles. The molecule has 2 atom stereocenters.